The molecule has 0 heterocycles. The molecule has 88 valence electrons. The molecule has 0 amide bonds. The van der Waals surface area contributed by atoms with Gasteiger partial charge < -0.3 is 5.73 Å². The van der Waals surface area contributed by atoms with E-state index in [-0.39, 0.29) is 14.7 Å². The van der Waals surface area contributed by atoms with E-state index in [4.69, 9.17) is 5.73 Å². The molecule has 0 unspecified atom stereocenters. The van der Waals surface area contributed by atoms with E-state index >= 15 is 0 Å². The third-order valence-electron chi connectivity index (χ3n) is 1.91. The Hall–Kier alpha value is -0.490. The normalized spacial score (nSPS) is 16.3. The van der Waals surface area contributed by atoms with Crippen LogP contribution in [0.3, 0.4) is 0 Å². The lowest BCUT2D eigenvalue weighted by molar-refractivity contribution is -0.0889. The van der Waals surface area contributed by atoms with Crippen molar-refractivity contribution in [1.82, 2.24) is 0 Å². The van der Waals surface area contributed by atoms with Crippen molar-refractivity contribution >= 4 is 31.9 Å². The summed E-state index contributed by atoms with van der Waals surface area (Å²) in [5, 5.41) is 0. The van der Waals surface area contributed by atoms with Crippen LogP contribution in [0.25, 0.3) is 0 Å². The van der Waals surface area contributed by atoms with Gasteiger partial charge in [-0.15, -0.1) is 0 Å². The zero-order valence-electron chi connectivity index (χ0n) is 7.98. The second kappa shape index (κ2) is 5.23. The van der Waals surface area contributed by atoms with Crippen LogP contribution in [0.2, 0.25) is 0 Å². The Labute approximate surface area is 108 Å². The molecule has 1 aliphatic carbocycles. The van der Waals surface area contributed by atoms with Gasteiger partial charge in [-0.25, -0.2) is 0 Å². The van der Waals surface area contributed by atoms with Crippen molar-refractivity contribution in [3.8, 4) is 0 Å². The largest absolute Gasteiger partial charge is 0.418 e. The molecule has 0 saturated heterocycles. The summed E-state index contributed by atoms with van der Waals surface area (Å²) in [6, 6.07) is 0. The van der Waals surface area contributed by atoms with Crippen molar-refractivity contribution in [2.75, 3.05) is 0 Å². The molecule has 0 aromatic rings. The van der Waals surface area contributed by atoms with Gasteiger partial charge in [-0.2, -0.15) is 13.2 Å². The molecule has 0 fully saturated rings. The quantitative estimate of drug-likeness (QED) is 0.743. The number of rotatable bonds is 1. The predicted molar refractivity (Wildman–Crippen MR) is 65.0 cm³/mol. The molecular weight excluding hydrogens is 351 g/mol. The van der Waals surface area contributed by atoms with Crippen LogP contribution >= 0.6 is 31.9 Å². The molecular formula is C10H8Br2F3N. The van der Waals surface area contributed by atoms with Crippen molar-refractivity contribution in [2.45, 2.75) is 12.6 Å². The summed E-state index contributed by atoms with van der Waals surface area (Å²) in [5.74, 6) is 0. The second-order valence-electron chi connectivity index (χ2n) is 3.04. The summed E-state index contributed by atoms with van der Waals surface area (Å²) < 4.78 is 38.2. The lowest BCUT2D eigenvalue weighted by atomic mass is 10.1. The SMILES string of the molecule is NC1=C(C(=C(Br)Br)C(F)(F)F)C=CCC=C1. The zero-order chi connectivity index (χ0) is 12.3. The van der Waals surface area contributed by atoms with E-state index in [0.717, 1.165) is 0 Å². The van der Waals surface area contributed by atoms with Crippen molar-refractivity contribution < 1.29 is 13.2 Å². The maximum atomic E-state index is 12.8. The van der Waals surface area contributed by atoms with E-state index < -0.39 is 11.7 Å². The van der Waals surface area contributed by atoms with Crippen molar-refractivity contribution in [3.05, 3.63) is 44.5 Å². The van der Waals surface area contributed by atoms with E-state index in [1.165, 1.54) is 12.2 Å². The van der Waals surface area contributed by atoms with Crippen molar-refractivity contribution in [2.24, 2.45) is 5.73 Å². The monoisotopic (exact) mass is 357 g/mol. The van der Waals surface area contributed by atoms with E-state index in [0.29, 0.717) is 6.42 Å². The van der Waals surface area contributed by atoms with Gasteiger partial charge in [-0.05, 0) is 44.4 Å². The van der Waals surface area contributed by atoms with Gasteiger partial charge >= 0.3 is 6.18 Å². The molecule has 0 saturated carbocycles. The van der Waals surface area contributed by atoms with Crippen LogP contribution in [-0.2, 0) is 0 Å². The average Bonchev–Trinajstić information content (AvgIpc) is 2.29. The van der Waals surface area contributed by atoms with Gasteiger partial charge in [0.1, 0.15) is 0 Å². The first kappa shape index (κ1) is 13.6. The maximum Gasteiger partial charge on any atom is 0.418 e. The Kier molecular flexibility index (Phi) is 4.43. The summed E-state index contributed by atoms with van der Waals surface area (Å²) in [5.41, 5.74) is 4.83. The number of alkyl halides is 3. The summed E-state index contributed by atoms with van der Waals surface area (Å²) >= 11 is 5.59. The molecule has 2 N–H and O–H groups in total. The Balaban J connectivity index is 3.36. The summed E-state index contributed by atoms with van der Waals surface area (Å²) in [6.07, 6.45) is 2.28. The van der Waals surface area contributed by atoms with Crippen LogP contribution in [0, 0.1) is 0 Å². The topological polar surface area (TPSA) is 26.0 Å². The van der Waals surface area contributed by atoms with Crippen molar-refractivity contribution in [1.29, 1.82) is 0 Å². The molecule has 0 atom stereocenters. The van der Waals surface area contributed by atoms with Crippen LogP contribution < -0.4 is 5.73 Å². The maximum absolute atomic E-state index is 12.8. The van der Waals surface area contributed by atoms with Gasteiger partial charge in [0.05, 0.1) is 8.96 Å². The molecule has 0 aliphatic heterocycles. The molecule has 0 spiro atoms. The van der Waals surface area contributed by atoms with Crippen LogP contribution in [0.15, 0.2) is 44.5 Å². The van der Waals surface area contributed by atoms with E-state index in [1.807, 2.05) is 0 Å². The molecule has 1 rings (SSSR count). The molecule has 16 heavy (non-hydrogen) atoms. The van der Waals surface area contributed by atoms with Crippen LogP contribution in [-0.4, -0.2) is 6.18 Å². The van der Waals surface area contributed by atoms with Crippen LogP contribution in [0.4, 0.5) is 13.2 Å². The fraction of sp³-hybridized carbons (Fsp3) is 0.200. The smallest absolute Gasteiger partial charge is 0.398 e. The van der Waals surface area contributed by atoms with Crippen molar-refractivity contribution in [3.63, 3.8) is 0 Å². The molecule has 0 bridgehead atoms. The average molecular weight is 359 g/mol. The first-order valence-corrected chi connectivity index (χ1v) is 5.88. The molecule has 1 aliphatic rings. The van der Waals surface area contributed by atoms with Gasteiger partial charge in [0.25, 0.3) is 0 Å². The lowest BCUT2D eigenvalue weighted by Gasteiger charge is -2.14. The van der Waals surface area contributed by atoms with Gasteiger partial charge in [0.15, 0.2) is 0 Å². The minimum atomic E-state index is -4.47. The zero-order valence-corrected chi connectivity index (χ0v) is 11.2. The minimum Gasteiger partial charge on any atom is -0.398 e. The number of hydrogen-bond donors (Lipinski definition) is 1. The Morgan fingerprint density at radius 1 is 1.19 bits per heavy atom. The highest BCUT2D eigenvalue weighted by atomic mass is 79.9. The van der Waals surface area contributed by atoms with E-state index in [2.05, 4.69) is 31.9 Å². The summed E-state index contributed by atoms with van der Waals surface area (Å²) in [7, 11) is 0. The number of halogens is 5. The van der Waals surface area contributed by atoms with E-state index in [1.54, 1.807) is 12.2 Å². The predicted octanol–water partition coefficient (Wildman–Crippen LogP) is 4.28. The van der Waals surface area contributed by atoms with E-state index in [9.17, 15) is 13.2 Å². The van der Waals surface area contributed by atoms with Gasteiger partial charge in [-0.3, -0.25) is 0 Å². The molecule has 0 aromatic carbocycles. The lowest BCUT2D eigenvalue weighted by Crippen LogP contribution is -2.16. The Morgan fingerprint density at radius 2 is 1.75 bits per heavy atom. The number of nitrogens with two attached hydrogens (primary N) is 1. The molecule has 6 heteroatoms. The highest BCUT2D eigenvalue weighted by Gasteiger charge is 2.38. The standard InChI is InChI=1S/C10H8Br2F3N/c11-9(12)8(10(13,14)15)6-4-2-1-3-5-7(6)16/h2-5H,1,16H2. The summed E-state index contributed by atoms with van der Waals surface area (Å²) in [6.45, 7) is 0. The van der Waals surface area contributed by atoms with Gasteiger partial charge in [0, 0.05) is 11.3 Å². The fourth-order valence-electron chi connectivity index (χ4n) is 1.23. The van der Waals surface area contributed by atoms with Crippen LogP contribution in [0.5, 0.6) is 0 Å². The van der Waals surface area contributed by atoms with Crippen LogP contribution in [0.1, 0.15) is 6.42 Å². The second-order valence-corrected chi connectivity index (χ2v) is 5.69. The number of allylic oxidation sites excluding steroid dienone is 6. The highest BCUT2D eigenvalue weighted by molar-refractivity contribution is 9.28. The Bertz CT molecular complexity index is 399. The first-order valence-electron chi connectivity index (χ1n) is 4.29. The number of hydrogen-bond acceptors (Lipinski definition) is 1. The third kappa shape index (κ3) is 3.25. The third-order valence-corrected chi connectivity index (χ3v) is 2.70. The Morgan fingerprint density at radius 3 is 2.25 bits per heavy atom. The molecule has 0 aromatic heterocycles. The first-order chi connectivity index (χ1) is 7.34. The fourth-order valence-corrected chi connectivity index (χ4v) is 2.11. The summed E-state index contributed by atoms with van der Waals surface area (Å²) in [4.78, 5) is 0. The van der Waals surface area contributed by atoms with Gasteiger partial charge in [0.2, 0.25) is 0 Å². The molecule has 0 radical (unpaired) electrons. The van der Waals surface area contributed by atoms with Gasteiger partial charge in [-0.1, -0.05) is 18.2 Å². The minimum absolute atomic E-state index is 0.0370. The highest BCUT2D eigenvalue weighted by Crippen LogP contribution is 2.39. The molecule has 1 nitrogen and oxygen atoms in total.